The number of benzene rings is 3. The maximum atomic E-state index is 9.20. The van der Waals surface area contributed by atoms with Gasteiger partial charge in [0.1, 0.15) is 0 Å². The van der Waals surface area contributed by atoms with Crippen LogP contribution >= 0.6 is 11.8 Å². The van der Waals surface area contributed by atoms with Gasteiger partial charge >= 0.3 is 0 Å². The van der Waals surface area contributed by atoms with Crippen LogP contribution in [0.3, 0.4) is 0 Å². The fourth-order valence-corrected chi connectivity index (χ4v) is 2.74. The van der Waals surface area contributed by atoms with Gasteiger partial charge in [-0.25, -0.2) is 0 Å². The summed E-state index contributed by atoms with van der Waals surface area (Å²) in [5, 5.41) is 14.7. The molecule has 0 saturated carbocycles. The highest BCUT2D eigenvalue weighted by Gasteiger charge is 2.05. The predicted molar refractivity (Wildman–Crippen MR) is 90.2 cm³/mol. The van der Waals surface area contributed by atoms with Gasteiger partial charge in [-0.15, -0.1) is 11.8 Å². The van der Waals surface area contributed by atoms with Crippen LogP contribution in [0.2, 0.25) is 0 Å². The summed E-state index contributed by atoms with van der Waals surface area (Å²) in [7, 11) is 0. The molecule has 0 unspecified atom stereocenters. The molecule has 102 valence electrons. The maximum Gasteiger partial charge on any atom is 0.0998 e. The van der Waals surface area contributed by atoms with E-state index in [4.69, 9.17) is 0 Å². The monoisotopic (exact) mass is 290 g/mol. The van der Waals surface area contributed by atoms with Crippen LogP contribution in [0, 0.1) is 11.3 Å². The fraction of sp³-hybridized carbons (Fsp3) is 0.0556. The number of fused-ring (bicyclic) bond motifs is 1. The Bertz CT molecular complexity index is 817. The highest BCUT2D eigenvalue weighted by Crippen LogP contribution is 2.29. The normalized spacial score (nSPS) is 10.3. The molecular weight excluding hydrogens is 276 g/mol. The third kappa shape index (κ3) is 2.72. The van der Waals surface area contributed by atoms with Crippen molar-refractivity contribution in [2.24, 2.45) is 0 Å². The van der Waals surface area contributed by atoms with Crippen LogP contribution in [0.25, 0.3) is 10.8 Å². The first kappa shape index (κ1) is 13.5. The van der Waals surface area contributed by atoms with E-state index in [9.17, 15) is 5.26 Å². The number of hydrogen-bond acceptors (Lipinski definition) is 3. The SMILES string of the molecule is CSc1ccc(Nc2ccc(C#N)c3ccccc23)cc1. The van der Waals surface area contributed by atoms with Crippen molar-refractivity contribution in [3.63, 3.8) is 0 Å². The lowest BCUT2D eigenvalue weighted by Gasteiger charge is -2.11. The first-order chi connectivity index (χ1) is 10.3. The van der Waals surface area contributed by atoms with E-state index in [1.807, 2.05) is 36.4 Å². The van der Waals surface area contributed by atoms with E-state index in [0.29, 0.717) is 5.56 Å². The summed E-state index contributed by atoms with van der Waals surface area (Å²) in [6, 6.07) is 22.4. The lowest BCUT2D eigenvalue weighted by molar-refractivity contribution is 1.45. The van der Waals surface area contributed by atoms with Gasteiger partial charge in [0.25, 0.3) is 0 Å². The van der Waals surface area contributed by atoms with Crippen molar-refractivity contribution in [1.29, 1.82) is 5.26 Å². The van der Waals surface area contributed by atoms with E-state index < -0.39 is 0 Å². The van der Waals surface area contributed by atoms with E-state index in [1.165, 1.54) is 4.90 Å². The molecule has 3 rings (SSSR count). The molecule has 0 aliphatic carbocycles. The van der Waals surface area contributed by atoms with Crippen LogP contribution in [0.15, 0.2) is 65.6 Å². The minimum atomic E-state index is 0.703. The first-order valence-corrected chi connectivity index (χ1v) is 7.87. The summed E-state index contributed by atoms with van der Waals surface area (Å²) >= 11 is 1.73. The topological polar surface area (TPSA) is 35.8 Å². The molecule has 0 atom stereocenters. The third-order valence-electron chi connectivity index (χ3n) is 3.41. The number of anilines is 2. The Morgan fingerprint density at radius 2 is 1.62 bits per heavy atom. The van der Waals surface area contributed by atoms with Crippen molar-refractivity contribution in [3.8, 4) is 6.07 Å². The van der Waals surface area contributed by atoms with Gasteiger partial charge in [-0.2, -0.15) is 5.26 Å². The van der Waals surface area contributed by atoms with Gasteiger partial charge in [-0.1, -0.05) is 24.3 Å². The van der Waals surface area contributed by atoms with Crippen molar-refractivity contribution in [2.75, 3.05) is 11.6 Å². The molecule has 3 aromatic carbocycles. The fourth-order valence-electron chi connectivity index (χ4n) is 2.34. The van der Waals surface area contributed by atoms with Gasteiger partial charge in [0.05, 0.1) is 11.6 Å². The molecule has 0 aliphatic heterocycles. The second kappa shape index (κ2) is 5.90. The second-order valence-electron chi connectivity index (χ2n) is 4.67. The minimum absolute atomic E-state index is 0.703. The zero-order valence-electron chi connectivity index (χ0n) is 11.6. The lowest BCUT2D eigenvalue weighted by atomic mass is 10.0. The van der Waals surface area contributed by atoms with Gasteiger partial charge in [0, 0.05) is 27.0 Å². The van der Waals surface area contributed by atoms with E-state index in [1.54, 1.807) is 11.8 Å². The van der Waals surface area contributed by atoms with Crippen molar-refractivity contribution in [2.45, 2.75) is 4.90 Å². The van der Waals surface area contributed by atoms with Gasteiger partial charge in [-0.05, 0) is 42.7 Å². The highest BCUT2D eigenvalue weighted by molar-refractivity contribution is 7.98. The molecule has 2 nitrogen and oxygen atoms in total. The van der Waals surface area contributed by atoms with E-state index in [2.05, 4.69) is 41.9 Å². The first-order valence-electron chi connectivity index (χ1n) is 6.65. The Morgan fingerprint density at radius 3 is 2.29 bits per heavy atom. The van der Waals surface area contributed by atoms with Crippen LogP contribution in [0.5, 0.6) is 0 Å². The predicted octanol–water partition coefficient (Wildman–Crippen LogP) is 5.18. The molecule has 3 heteroatoms. The Labute approximate surface area is 128 Å². The van der Waals surface area contributed by atoms with E-state index >= 15 is 0 Å². The van der Waals surface area contributed by atoms with Crippen LogP contribution in [0.4, 0.5) is 11.4 Å². The quantitative estimate of drug-likeness (QED) is 0.675. The second-order valence-corrected chi connectivity index (χ2v) is 5.55. The van der Waals surface area contributed by atoms with Crippen LogP contribution < -0.4 is 5.32 Å². The molecule has 21 heavy (non-hydrogen) atoms. The van der Waals surface area contributed by atoms with E-state index in [-0.39, 0.29) is 0 Å². The van der Waals surface area contributed by atoms with E-state index in [0.717, 1.165) is 22.1 Å². The van der Waals surface area contributed by atoms with Gasteiger partial charge in [0.15, 0.2) is 0 Å². The summed E-state index contributed by atoms with van der Waals surface area (Å²) in [6.07, 6.45) is 2.07. The average molecular weight is 290 g/mol. The summed E-state index contributed by atoms with van der Waals surface area (Å²) < 4.78 is 0. The minimum Gasteiger partial charge on any atom is -0.355 e. The zero-order valence-corrected chi connectivity index (χ0v) is 12.4. The van der Waals surface area contributed by atoms with Crippen LogP contribution in [0.1, 0.15) is 5.56 Å². The molecule has 0 saturated heterocycles. The average Bonchev–Trinajstić information content (AvgIpc) is 2.56. The molecule has 0 spiro atoms. The molecule has 0 radical (unpaired) electrons. The Morgan fingerprint density at radius 1 is 0.905 bits per heavy atom. The molecule has 0 bridgehead atoms. The largest absolute Gasteiger partial charge is 0.355 e. The zero-order chi connectivity index (χ0) is 14.7. The number of nitrogens with zero attached hydrogens (tertiary/aromatic N) is 1. The Balaban J connectivity index is 2.02. The maximum absolute atomic E-state index is 9.20. The van der Waals surface area contributed by atoms with Gasteiger partial charge < -0.3 is 5.32 Å². The molecule has 0 amide bonds. The van der Waals surface area contributed by atoms with Gasteiger partial charge in [-0.3, -0.25) is 0 Å². The number of nitrogens with one attached hydrogen (secondary N) is 1. The lowest BCUT2D eigenvalue weighted by Crippen LogP contribution is -1.92. The summed E-state index contributed by atoms with van der Waals surface area (Å²) in [5.41, 5.74) is 2.76. The van der Waals surface area contributed by atoms with Crippen LogP contribution in [-0.2, 0) is 0 Å². The Hall–Kier alpha value is -2.44. The number of hydrogen-bond donors (Lipinski definition) is 1. The summed E-state index contributed by atoms with van der Waals surface area (Å²) in [6.45, 7) is 0. The molecule has 0 aliphatic rings. The molecule has 0 heterocycles. The van der Waals surface area contributed by atoms with Crippen molar-refractivity contribution in [3.05, 3.63) is 66.2 Å². The van der Waals surface area contributed by atoms with Crippen molar-refractivity contribution < 1.29 is 0 Å². The number of rotatable bonds is 3. The molecule has 0 aromatic heterocycles. The van der Waals surface area contributed by atoms with Gasteiger partial charge in [0.2, 0.25) is 0 Å². The molecule has 3 aromatic rings. The smallest absolute Gasteiger partial charge is 0.0998 e. The molecule has 0 fully saturated rings. The molecular formula is C18H14N2S. The van der Waals surface area contributed by atoms with Crippen molar-refractivity contribution in [1.82, 2.24) is 0 Å². The van der Waals surface area contributed by atoms with Crippen LogP contribution in [-0.4, -0.2) is 6.26 Å². The summed E-state index contributed by atoms with van der Waals surface area (Å²) in [5.74, 6) is 0. The standard InChI is InChI=1S/C18H14N2S/c1-21-15-9-7-14(8-10-15)20-18-11-6-13(12-19)16-4-2-3-5-17(16)18/h2-11,20H,1H3. The Kier molecular flexibility index (Phi) is 3.81. The number of nitriles is 1. The highest BCUT2D eigenvalue weighted by atomic mass is 32.2. The molecule has 1 N–H and O–H groups in total. The third-order valence-corrected chi connectivity index (χ3v) is 4.16. The summed E-state index contributed by atoms with van der Waals surface area (Å²) in [4.78, 5) is 1.24. The number of thioether (sulfide) groups is 1. The van der Waals surface area contributed by atoms with Crippen molar-refractivity contribution >= 4 is 33.9 Å².